The Morgan fingerprint density at radius 2 is 2.05 bits per heavy atom. The average Bonchev–Trinajstić information content (AvgIpc) is 2.42. The van der Waals surface area contributed by atoms with Gasteiger partial charge in [0.1, 0.15) is 6.54 Å². The van der Waals surface area contributed by atoms with Crippen LogP contribution in [0, 0.1) is 0 Å². The van der Waals surface area contributed by atoms with Gasteiger partial charge in [-0.05, 0) is 18.2 Å². The van der Waals surface area contributed by atoms with Crippen molar-refractivity contribution in [2.45, 2.75) is 6.54 Å². The van der Waals surface area contributed by atoms with Crippen molar-refractivity contribution in [2.24, 2.45) is 7.05 Å². The number of nitrogens with zero attached hydrogens (tertiary/aromatic N) is 2. The number of hydrogen-bond acceptors (Lipinski definition) is 4. The molecule has 2 rings (SSSR count). The standard InChI is InChI=1S/C13H13ClN4O3/c1-17-5-4-12(20)18(13(17)21)7-11(19)16-10-3-2-8(15)6-9(10)14/h2-6H,7,15H2,1H3,(H,16,19). The SMILES string of the molecule is Cn1ccc(=O)n(CC(=O)Nc2ccc(N)cc2Cl)c1=O. The van der Waals surface area contributed by atoms with E-state index in [1.165, 1.54) is 29.9 Å². The molecule has 1 amide bonds. The van der Waals surface area contributed by atoms with E-state index >= 15 is 0 Å². The molecular formula is C13H13ClN4O3. The number of nitrogens with one attached hydrogen (secondary N) is 1. The van der Waals surface area contributed by atoms with Crippen LogP contribution in [0.5, 0.6) is 0 Å². The van der Waals surface area contributed by atoms with E-state index in [0.717, 1.165) is 4.57 Å². The van der Waals surface area contributed by atoms with Crippen LogP contribution in [0.25, 0.3) is 0 Å². The van der Waals surface area contributed by atoms with Crippen molar-refractivity contribution >= 4 is 28.9 Å². The van der Waals surface area contributed by atoms with Crippen LogP contribution in [0.1, 0.15) is 0 Å². The second-order valence-electron chi connectivity index (χ2n) is 4.42. The Kier molecular flexibility index (Phi) is 4.13. The molecule has 0 saturated carbocycles. The number of carbonyl (C=O) groups is 1. The van der Waals surface area contributed by atoms with E-state index in [9.17, 15) is 14.4 Å². The predicted octanol–water partition coefficient (Wildman–Crippen LogP) is 0.421. The smallest absolute Gasteiger partial charge is 0.331 e. The normalized spacial score (nSPS) is 10.4. The van der Waals surface area contributed by atoms with Gasteiger partial charge in [0.2, 0.25) is 5.91 Å². The van der Waals surface area contributed by atoms with Crippen molar-refractivity contribution < 1.29 is 4.79 Å². The third-order valence-corrected chi connectivity index (χ3v) is 3.12. The molecule has 0 fully saturated rings. The first-order chi connectivity index (χ1) is 9.88. The van der Waals surface area contributed by atoms with Gasteiger partial charge in [-0.15, -0.1) is 0 Å². The fraction of sp³-hybridized carbons (Fsp3) is 0.154. The monoisotopic (exact) mass is 308 g/mol. The molecule has 1 aromatic heterocycles. The second-order valence-corrected chi connectivity index (χ2v) is 4.83. The summed E-state index contributed by atoms with van der Waals surface area (Å²) in [5, 5.41) is 2.80. The highest BCUT2D eigenvalue weighted by molar-refractivity contribution is 6.34. The van der Waals surface area contributed by atoms with Gasteiger partial charge in [-0.25, -0.2) is 4.79 Å². The fourth-order valence-electron chi connectivity index (χ4n) is 1.73. The van der Waals surface area contributed by atoms with E-state index in [0.29, 0.717) is 11.4 Å². The zero-order valence-electron chi connectivity index (χ0n) is 11.2. The number of benzene rings is 1. The number of nitrogens with two attached hydrogens (primary N) is 1. The summed E-state index contributed by atoms with van der Waals surface area (Å²) in [6.45, 7) is -0.396. The van der Waals surface area contributed by atoms with Gasteiger partial charge in [-0.2, -0.15) is 0 Å². The maximum atomic E-state index is 11.9. The molecule has 110 valence electrons. The Labute approximate surface area is 124 Å². The molecular weight excluding hydrogens is 296 g/mol. The van der Waals surface area contributed by atoms with Crippen LogP contribution >= 0.6 is 11.6 Å². The molecule has 3 N–H and O–H groups in total. The van der Waals surface area contributed by atoms with E-state index in [4.69, 9.17) is 17.3 Å². The largest absolute Gasteiger partial charge is 0.399 e. The van der Waals surface area contributed by atoms with E-state index in [2.05, 4.69) is 5.32 Å². The highest BCUT2D eigenvalue weighted by Crippen LogP contribution is 2.23. The maximum Gasteiger partial charge on any atom is 0.331 e. The van der Waals surface area contributed by atoms with Crippen molar-refractivity contribution in [3.05, 3.63) is 56.3 Å². The van der Waals surface area contributed by atoms with Crippen molar-refractivity contribution in [1.82, 2.24) is 9.13 Å². The molecule has 8 heteroatoms. The third-order valence-electron chi connectivity index (χ3n) is 2.81. The predicted molar refractivity (Wildman–Crippen MR) is 80.4 cm³/mol. The minimum absolute atomic E-state index is 0.275. The van der Waals surface area contributed by atoms with Crippen LogP contribution in [0.2, 0.25) is 5.02 Å². The number of halogens is 1. The van der Waals surface area contributed by atoms with Crippen LogP contribution in [0.4, 0.5) is 11.4 Å². The van der Waals surface area contributed by atoms with Crippen LogP contribution in [0.15, 0.2) is 40.1 Å². The molecule has 0 saturated heterocycles. The molecule has 0 spiro atoms. The Hall–Kier alpha value is -2.54. The number of hydrogen-bond donors (Lipinski definition) is 2. The lowest BCUT2D eigenvalue weighted by molar-refractivity contribution is -0.116. The number of anilines is 2. The number of rotatable bonds is 3. The molecule has 1 aromatic carbocycles. The number of aromatic nitrogens is 2. The van der Waals surface area contributed by atoms with Gasteiger partial charge in [-0.3, -0.25) is 14.2 Å². The minimum Gasteiger partial charge on any atom is -0.399 e. The van der Waals surface area contributed by atoms with Gasteiger partial charge >= 0.3 is 5.69 Å². The number of aryl methyl sites for hydroxylation is 1. The topological polar surface area (TPSA) is 99.1 Å². The summed E-state index contributed by atoms with van der Waals surface area (Å²) in [4.78, 5) is 35.3. The van der Waals surface area contributed by atoms with Gasteiger partial charge in [0.15, 0.2) is 0 Å². The van der Waals surface area contributed by atoms with E-state index in [1.54, 1.807) is 12.1 Å². The van der Waals surface area contributed by atoms with Crippen LogP contribution in [0.3, 0.4) is 0 Å². The lowest BCUT2D eigenvalue weighted by Crippen LogP contribution is -2.40. The number of amides is 1. The second kappa shape index (κ2) is 5.84. The van der Waals surface area contributed by atoms with Crippen LogP contribution in [-0.2, 0) is 18.4 Å². The number of carbonyl (C=O) groups excluding carboxylic acids is 1. The molecule has 21 heavy (non-hydrogen) atoms. The maximum absolute atomic E-state index is 11.9. The zero-order valence-corrected chi connectivity index (χ0v) is 11.9. The third kappa shape index (κ3) is 3.32. The summed E-state index contributed by atoms with van der Waals surface area (Å²) >= 11 is 5.94. The van der Waals surface area contributed by atoms with Crippen LogP contribution in [-0.4, -0.2) is 15.0 Å². The molecule has 0 bridgehead atoms. The first kappa shape index (κ1) is 14.9. The lowest BCUT2D eigenvalue weighted by Gasteiger charge is -2.09. The average molecular weight is 309 g/mol. The summed E-state index contributed by atoms with van der Waals surface area (Å²) in [6, 6.07) is 5.83. The molecule has 0 atom stereocenters. The van der Waals surface area contributed by atoms with E-state index in [-0.39, 0.29) is 5.02 Å². The Bertz CT molecular complexity index is 810. The van der Waals surface area contributed by atoms with Gasteiger partial charge in [0.25, 0.3) is 5.56 Å². The molecule has 0 radical (unpaired) electrons. The van der Waals surface area contributed by atoms with E-state index < -0.39 is 23.7 Å². The summed E-state index contributed by atoms with van der Waals surface area (Å²) in [7, 11) is 1.49. The summed E-state index contributed by atoms with van der Waals surface area (Å²) < 4.78 is 2.05. The van der Waals surface area contributed by atoms with Gasteiger partial charge < -0.3 is 15.6 Å². The van der Waals surface area contributed by atoms with Crippen LogP contribution < -0.4 is 22.3 Å². The molecule has 2 aromatic rings. The highest BCUT2D eigenvalue weighted by atomic mass is 35.5. The molecule has 0 unspecified atom stereocenters. The first-order valence-corrected chi connectivity index (χ1v) is 6.37. The van der Waals surface area contributed by atoms with E-state index in [1.807, 2.05) is 0 Å². The minimum atomic E-state index is -0.568. The highest BCUT2D eigenvalue weighted by Gasteiger charge is 2.10. The Morgan fingerprint density at radius 3 is 2.71 bits per heavy atom. The molecule has 7 nitrogen and oxygen atoms in total. The Morgan fingerprint density at radius 1 is 1.33 bits per heavy atom. The van der Waals surface area contributed by atoms with Gasteiger partial charge in [0.05, 0.1) is 10.7 Å². The molecule has 1 heterocycles. The lowest BCUT2D eigenvalue weighted by atomic mass is 10.3. The molecule has 0 aliphatic heterocycles. The summed E-state index contributed by atoms with van der Waals surface area (Å²) in [5.74, 6) is -0.535. The zero-order chi connectivity index (χ0) is 15.6. The molecule has 0 aliphatic carbocycles. The van der Waals surface area contributed by atoms with Gasteiger partial charge in [0, 0.05) is 25.0 Å². The van der Waals surface area contributed by atoms with Crippen molar-refractivity contribution in [3.63, 3.8) is 0 Å². The van der Waals surface area contributed by atoms with Crippen molar-refractivity contribution in [2.75, 3.05) is 11.1 Å². The van der Waals surface area contributed by atoms with Crippen molar-refractivity contribution in [3.8, 4) is 0 Å². The Balaban J connectivity index is 2.22. The number of nitrogen functional groups attached to an aromatic ring is 1. The fourth-order valence-corrected chi connectivity index (χ4v) is 1.96. The summed E-state index contributed by atoms with van der Waals surface area (Å²) in [6.07, 6.45) is 1.34. The first-order valence-electron chi connectivity index (χ1n) is 6.00. The summed E-state index contributed by atoms with van der Waals surface area (Å²) in [5.41, 5.74) is 5.26. The van der Waals surface area contributed by atoms with Crippen molar-refractivity contribution in [1.29, 1.82) is 0 Å². The quantitative estimate of drug-likeness (QED) is 0.803. The van der Waals surface area contributed by atoms with Gasteiger partial charge in [-0.1, -0.05) is 11.6 Å². The molecule has 0 aliphatic rings.